The molecule has 1 aliphatic heterocycles. The van der Waals surface area contributed by atoms with Crippen molar-refractivity contribution in [3.63, 3.8) is 0 Å². The number of aryl methyl sites for hydroxylation is 1. The summed E-state index contributed by atoms with van der Waals surface area (Å²) in [6.07, 6.45) is 5.25. The second-order valence-electron chi connectivity index (χ2n) is 10.8. The highest BCUT2D eigenvalue weighted by atomic mass is 32.1. The van der Waals surface area contributed by atoms with Crippen LogP contribution in [0.1, 0.15) is 60.0 Å². The summed E-state index contributed by atoms with van der Waals surface area (Å²) < 4.78 is 6.23. The molecule has 3 aromatic rings. The Hall–Kier alpha value is -3.57. The van der Waals surface area contributed by atoms with Gasteiger partial charge in [-0.25, -0.2) is 9.97 Å². The Morgan fingerprint density at radius 3 is 2.77 bits per heavy atom. The lowest BCUT2D eigenvalue weighted by atomic mass is 9.88. The number of pyridine rings is 1. The number of carbonyl (C=O) groups excluding carboxylic acids is 3. The summed E-state index contributed by atoms with van der Waals surface area (Å²) in [7, 11) is 3.54. The third kappa shape index (κ3) is 7.33. The van der Waals surface area contributed by atoms with E-state index in [0.717, 1.165) is 44.3 Å². The van der Waals surface area contributed by atoms with Gasteiger partial charge >= 0.3 is 11.8 Å². The molecule has 0 radical (unpaired) electrons. The van der Waals surface area contributed by atoms with Gasteiger partial charge in [0, 0.05) is 19.0 Å². The Bertz CT molecular complexity index is 1380. The van der Waals surface area contributed by atoms with Crippen molar-refractivity contribution in [1.29, 1.82) is 0 Å². The summed E-state index contributed by atoms with van der Waals surface area (Å²) >= 11 is 1.83. The van der Waals surface area contributed by atoms with Gasteiger partial charge in [-0.3, -0.25) is 14.4 Å². The molecule has 4 rings (SSSR count). The van der Waals surface area contributed by atoms with Gasteiger partial charge < -0.3 is 26.0 Å². The number of amides is 3. The van der Waals surface area contributed by atoms with Crippen LogP contribution in [0.4, 0.5) is 5.69 Å². The summed E-state index contributed by atoms with van der Waals surface area (Å²) in [6.45, 7) is 6.99. The number of methoxy groups -OCH3 is 1. The van der Waals surface area contributed by atoms with Gasteiger partial charge in [0.1, 0.15) is 5.56 Å². The van der Waals surface area contributed by atoms with Crippen LogP contribution in [0.3, 0.4) is 0 Å². The summed E-state index contributed by atoms with van der Waals surface area (Å²) in [5.41, 5.74) is 7.85. The third-order valence-electron chi connectivity index (χ3n) is 7.44. The van der Waals surface area contributed by atoms with Crippen molar-refractivity contribution in [1.82, 2.24) is 20.2 Å². The Kier molecular flexibility index (Phi) is 9.70. The molecule has 1 aromatic carbocycles. The van der Waals surface area contributed by atoms with E-state index in [4.69, 9.17) is 15.5 Å². The zero-order chi connectivity index (χ0) is 28.8. The minimum Gasteiger partial charge on any atom is -0.480 e. The number of benzene rings is 1. The first-order valence-corrected chi connectivity index (χ1v) is 14.5. The van der Waals surface area contributed by atoms with Crippen LogP contribution in [0.5, 0.6) is 5.88 Å². The second-order valence-corrected chi connectivity index (χ2v) is 11.9. The third-order valence-corrected chi connectivity index (χ3v) is 8.61. The molecule has 10 nitrogen and oxygen atoms in total. The molecule has 3 amide bonds. The average molecular weight is 567 g/mol. The van der Waals surface area contributed by atoms with Crippen molar-refractivity contribution >= 4 is 45.0 Å². The van der Waals surface area contributed by atoms with Crippen LogP contribution in [0, 0.1) is 11.8 Å². The van der Waals surface area contributed by atoms with Crippen LogP contribution in [0.2, 0.25) is 0 Å². The number of nitrogens with one attached hydrogen (secondary N) is 2. The SMILES string of the molecule is COc1ncc(NC(=O)C(=O)NC[C@@H](C)CCCc2ccc3sc([C@H]4CCN(C)C[C@@H]4C)nc3c2)cc1C(N)=O. The number of hydrogen-bond donors (Lipinski definition) is 3. The number of aromatic nitrogens is 2. The highest BCUT2D eigenvalue weighted by molar-refractivity contribution is 7.18. The lowest BCUT2D eigenvalue weighted by molar-refractivity contribution is -0.136. The lowest BCUT2D eigenvalue weighted by Crippen LogP contribution is -2.37. The Morgan fingerprint density at radius 2 is 2.05 bits per heavy atom. The predicted octanol–water partition coefficient (Wildman–Crippen LogP) is 3.57. The van der Waals surface area contributed by atoms with E-state index in [9.17, 15) is 14.4 Å². The van der Waals surface area contributed by atoms with Crippen LogP contribution in [0.25, 0.3) is 10.2 Å². The summed E-state index contributed by atoms with van der Waals surface area (Å²) in [5.74, 6) is -0.968. The minimum atomic E-state index is -0.847. The number of piperidine rings is 1. The van der Waals surface area contributed by atoms with Gasteiger partial charge in [-0.15, -0.1) is 11.3 Å². The van der Waals surface area contributed by atoms with Gasteiger partial charge in [-0.1, -0.05) is 19.9 Å². The quantitative estimate of drug-likeness (QED) is 0.319. The van der Waals surface area contributed by atoms with E-state index in [0.29, 0.717) is 18.4 Å². The first-order chi connectivity index (χ1) is 19.1. The summed E-state index contributed by atoms with van der Waals surface area (Å²) in [4.78, 5) is 47.5. The van der Waals surface area contributed by atoms with Gasteiger partial charge in [0.25, 0.3) is 5.91 Å². The molecule has 11 heteroatoms. The number of ether oxygens (including phenoxy) is 1. The fourth-order valence-corrected chi connectivity index (χ4v) is 6.39. The highest BCUT2D eigenvalue weighted by Gasteiger charge is 2.28. The molecular weight excluding hydrogens is 528 g/mol. The predicted molar refractivity (Wildman–Crippen MR) is 157 cm³/mol. The number of thiazole rings is 1. The fourth-order valence-electron chi connectivity index (χ4n) is 5.18. The van der Waals surface area contributed by atoms with Crippen LogP contribution < -0.4 is 21.1 Å². The maximum absolute atomic E-state index is 12.3. The summed E-state index contributed by atoms with van der Waals surface area (Å²) in [5, 5.41) is 6.37. The first-order valence-electron chi connectivity index (χ1n) is 13.7. The standard InChI is InChI=1S/C29H38N6O4S/c1-17(14-31-26(37)27(38)33-20-13-22(25(30)36)28(39-4)32-15-20)6-5-7-19-8-9-24-23(12-19)34-29(40-24)21-10-11-35(3)16-18(21)2/h8-9,12-13,15,17-18,21H,5-7,10-11,14,16H2,1-4H3,(H2,30,36)(H,31,37)(H,33,38)/t17-,18-,21-/m0/s1. The zero-order valence-corrected chi connectivity index (χ0v) is 24.3. The van der Waals surface area contributed by atoms with Gasteiger partial charge in [0.15, 0.2) is 0 Å². The molecule has 4 N–H and O–H groups in total. The van der Waals surface area contributed by atoms with E-state index in [1.165, 1.54) is 34.6 Å². The van der Waals surface area contributed by atoms with Gasteiger partial charge in [0.05, 0.1) is 34.2 Å². The van der Waals surface area contributed by atoms with Crippen molar-refractivity contribution in [3.05, 3.63) is 46.6 Å². The van der Waals surface area contributed by atoms with Crippen molar-refractivity contribution in [2.45, 2.75) is 45.4 Å². The van der Waals surface area contributed by atoms with Crippen molar-refractivity contribution in [3.8, 4) is 5.88 Å². The number of fused-ring (bicyclic) bond motifs is 1. The Morgan fingerprint density at radius 1 is 1.25 bits per heavy atom. The molecule has 40 heavy (non-hydrogen) atoms. The molecule has 0 aliphatic carbocycles. The molecule has 1 fully saturated rings. The molecule has 3 atom stereocenters. The molecule has 0 unspecified atom stereocenters. The lowest BCUT2D eigenvalue weighted by Gasteiger charge is -2.33. The topological polar surface area (TPSA) is 140 Å². The monoisotopic (exact) mass is 566 g/mol. The van der Waals surface area contributed by atoms with E-state index >= 15 is 0 Å². The molecule has 0 saturated carbocycles. The van der Waals surface area contributed by atoms with Crippen LogP contribution >= 0.6 is 11.3 Å². The van der Waals surface area contributed by atoms with Gasteiger partial charge in [-0.05, 0) is 74.9 Å². The van der Waals surface area contributed by atoms with Gasteiger partial charge in [0.2, 0.25) is 5.88 Å². The van der Waals surface area contributed by atoms with Crippen molar-refractivity contribution in [2.75, 3.05) is 39.1 Å². The van der Waals surface area contributed by atoms with Crippen molar-refractivity contribution < 1.29 is 19.1 Å². The Balaban J connectivity index is 1.22. The van der Waals surface area contributed by atoms with Gasteiger partial charge in [-0.2, -0.15) is 0 Å². The van der Waals surface area contributed by atoms with E-state index in [2.05, 4.69) is 52.7 Å². The number of rotatable bonds is 10. The normalized spacial score (nSPS) is 18.3. The number of primary amides is 1. The molecule has 0 bridgehead atoms. The van der Waals surface area contributed by atoms with Crippen LogP contribution in [0.15, 0.2) is 30.5 Å². The van der Waals surface area contributed by atoms with Crippen LogP contribution in [-0.2, 0) is 16.0 Å². The summed E-state index contributed by atoms with van der Waals surface area (Å²) in [6, 6.07) is 7.92. The molecular formula is C29H38N6O4S. The van der Waals surface area contributed by atoms with E-state index < -0.39 is 17.7 Å². The fraction of sp³-hybridized carbons (Fsp3) is 0.483. The molecule has 1 aliphatic rings. The number of nitrogens with zero attached hydrogens (tertiary/aromatic N) is 3. The van der Waals surface area contributed by atoms with E-state index in [1.807, 2.05) is 18.3 Å². The molecule has 0 spiro atoms. The van der Waals surface area contributed by atoms with E-state index in [1.54, 1.807) is 0 Å². The number of anilines is 1. The second kappa shape index (κ2) is 13.2. The zero-order valence-electron chi connectivity index (χ0n) is 23.5. The van der Waals surface area contributed by atoms with Crippen molar-refractivity contribution in [2.24, 2.45) is 17.6 Å². The molecule has 1 saturated heterocycles. The number of hydrogen-bond acceptors (Lipinski definition) is 8. The number of nitrogens with two attached hydrogens (primary N) is 1. The maximum atomic E-state index is 12.3. The van der Waals surface area contributed by atoms with Crippen LogP contribution in [-0.4, -0.2) is 66.4 Å². The number of likely N-dealkylation sites (tertiary alicyclic amines) is 1. The average Bonchev–Trinajstić information content (AvgIpc) is 3.34. The smallest absolute Gasteiger partial charge is 0.313 e. The number of carbonyl (C=O) groups is 3. The molecule has 3 heterocycles. The largest absolute Gasteiger partial charge is 0.480 e. The Labute approximate surface area is 238 Å². The highest BCUT2D eigenvalue weighted by Crippen LogP contribution is 2.37. The maximum Gasteiger partial charge on any atom is 0.313 e. The van der Waals surface area contributed by atoms with E-state index in [-0.39, 0.29) is 23.0 Å². The minimum absolute atomic E-state index is 0.00977. The molecule has 2 aromatic heterocycles. The first kappa shape index (κ1) is 29.4. The molecule has 214 valence electrons.